The van der Waals surface area contributed by atoms with E-state index in [4.69, 9.17) is 18.6 Å². The van der Waals surface area contributed by atoms with Gasteiger partial charge in [-0.25, -0.2) is 4.79 Å². The van der Waals surface area contributed by atoms with E-state index < -0.39 is 27.8 Å². The first-order valence-electron chi connectivity index (χ1n) is 15.6. The molecule has 0 aliphatic heterocycles. The molecule has 9 nitrogen and oxygen atoms in total. The number of furan rings is 1. The summed E-state index contributed by atoms with van der Waals surface area (Å²) < 4.78 is 39.8. The lowest BCUT2D eigenvalue weighted by Gasteiger charge is -2.19. The number of benzene rings is 3. The van der Waals surface area contributed by atoms with Crippen molar-refractivity contribution in [3.05, 3.63) is 89.2 Å². The smallest absolute Gasteiger partial charge is 0.407 e. The van der Waals surface area contributed by atoms with Crippen molar-refractivity contribution in [2.45, 2.75) is 85.3 Å². The van der Waals surface area contributed by atoms with Gasteiger partial charge in [0.05, 0.1) is 13.0 Å². The third-order valence-electron chi connectivity index (χ3n) is 6.86. The number of rotatable bonds is 11. The summed E-state index contributed by atoms with van der Waals surface area (Å²) in [6, 6.07) is 21.1. The van der Waals surface area contributed by atoms with E-state index in [0.29, 0.717) is 29.4 Å². The van der Waals surface area contributed by atoms with E-state index in [2.05, 4.69) is 9.71 Å². The standard InChI is InChI=1S/C37H44N2O7S/c1-9-43-33(40)21-28-14-10-11-16-31(28)44-23-26-18-29-20-32(24(2)39-47(42)37(6,7)8)45-34(29)30(19-26)27-15-12-13-25(17-27)22-38-35(41)46-36(3,4)5/h10-20H,9,21-23H2,1-8H3,(H,38,41)/b39-24-/t47-/m0/s1. The first-order chi connectivity index (χ1) is 22.1. The average molecular weight is 661 g/mol. The molecule has 0 spiro atoms. The zero-order valence-corrected chi connectivity index (χ0v) is 29.2. The van der Waals surface area contributed by atoms with Crippen LogP contribution in [-0.2, 0) is 45.2 Å². The fraction of sp³-hybridized carbons (Fsp3) is 0.378. The van der Waals surface area contributed by atoms with Crippen molar-refractivity contribution in [1.82, 2.24) is 5.32 Å². The summed E-state index contributed by atoms with van der Waals surface area (Å²) in [6.45, 7) is 15.5. The van der Waals surface area contributed by atoms with Crippen LogP contribution in [0.4, 0.5) is 4.79 Å². The second-order valence-corrected chi connectivity index (χ2v) is 15.1. The maximum atomic E-state index is 12.8. The fourth-order valence-electron chi connectivity index (χ4n) is 4.65. The van der Waals surface area contributed by atoms with Crippen LogP contribution in [0.25, 0.3) is 22.1 Å². The highest BCUT2D eigenvalue weighted by Crippen LogP contribution is 2.34. The number of hydrogen-bond acceptors (Lipinski definition) is 8. The highest BCUT2D eigenvalue weighted by atomic mass is 32.2. The van der Waals surface area contributed by atoms with Crippen molar-refractivity contribution in [2.24, 2.45) is 4.40 Å². The van der Waals surface area contributed by atoms with Crippen LogP contribution in [0.2, 0.25) is 0 Å². The number of nitrogens with zero attached hydrogens (tertiary/aromatic N) is 1. The normalized spacial score (nSPS) is 12.9. The van der Waals surface area contributed by atoms with Crippen LogP contribution in [0.3, 0.4) is 0 Å². The Morgan fingerprint density at radius 1 is 0.957 bits per heavy atom. The van der Waals surface area contributed by atoms with Gasteiger partial charge in [-0.05, 0) is 102 Å². The summed E-state index contributed by atoms with van der Waals surface area (Å²) in [6.07, 6.45) is -0.385. The Hall–Kier alpha value is -4.28. The maximum Gasteiger partial charge on any atom is 0.407 e. The van der Waals surface area contributed by atoms with Gasteiger partial charge in [-0.1, -0.05) is 40.8 Å². The predicted molar refractivity (Wildman–Crippen MR) is 186 cm³/mol. The molecule has 0 saturated carbocycles. The Kier molecular flexibility index (Phi) is 11.4. The van der Waals surface area contributed by atoms with E-state index in [1.165, 1.54) is 0 Å². The van der Waals surface area contributed by atoms with Crippen LogP contribution < -0.4 is 10.1 Å². The van der Waals surface area contributed by atoms with E-state index in [0.717, 1.165) is 33.2 Å². The Bertz CT molecular complexity index is 1750. The number of ether oxygens (including phenoxy) is 3. The number of esters is 1. The number of amides is 1. The molecular weight excluding hydrogens is 616 g/mol. The van der Waals surface area contributed by atoms with Crippen molar-refractivity contribution in [3.63, 3.8) is 0 Å². The number of carbonyl (C=O) groups excluding carboxylic acids is 2. The monoisotopic (exact) mass is 660 g/mol. The van der Waals surface area contributed by atoms with Crippen molar-refractivity contribution in [1.29, 1.82) is 0 Å². The van der Waals surface area contributed by atoms with Crippen LogP contribution in [0.1, 0.15) is 77.8 Å². The van der Waals surface area contributed by atoms with Crippen LogP contribution in [0.5, 0.6) is 5.75 Å². The minimum atomic E-state index is -1.45. The van der Waals surface area contributed by atoms with Crippen LogP contribution in [0, 0.1) is 0 Å². The molecule has 0 saturated heterocycles. The highest BCUT2D eigenvalue weighted by Gasteiger charge is 2.27. The summed E-state index contributed by atoms with van der Waals surface area (Å²) in [4.78, 5) is 24.5. The average Bonchev–Trinajstić information content (AvgIpc) is 3.43. The third kappa shape index (κ3) is 10.1. The van der Waals surface area contributed by atoms with Crippen molar-refractivity contribution in [2.75, 3.05) is 6.61 Å². The van der Waals surface area contributed by atoms with Crippen molar-refractivity contribution in [3.8, 4) is 16.9 Å². The quantitative estimate of drug-likeness (QED) is 0.0980. The van der Waals surface area contributed by atoms with Gasteiger partial charge in [0.25, 0.3) is 0 Å². The second kappa shape index (κ2) is 15.1. The molecule has 1 aromatic heterocycles. The lowest BCUT2D eigenvalue weighted by atomic mass is 9.99. The molecule has 4 rings (SSSR count). The zero-order valence-electron chi connectivity index (χ0n) is 28.4. The second-order valence-electron chi connectivity index (χ2n) is 13.1. The first-order valence-corrected chi connectivity index (χ1v) is 16.7. The predicted octanol–water partition coefficient (Wildman–Crippen LogP) is 8.08. The maximum absolute atomic E-state index is 12.8. The summed E-state index contributed by atoms with van der Waals surface area (Å²) in [5.74, 6) is 0.793. The number of nitrogens with one attached hydrogen (secondary N) is 1. The molecule has 250 valence electrons. The lowest BCUT2D eigenvalue weighted by molar-refractivity contribution is -0.142. The van der Waals surface area contributed by atoms with Gasteiger partial charge in [0.2, 0.25) is 0 Å². The molecule has 1 amide bonds. The minimum absolute atomic E-state index is 0.109. The SMILES string of the molecule is CCOC(=O)Cc1ccccc1OCc1cc(-c2cccc(CNC(=O)OC(C)(C)C)c2)c2oc(/C(C)=N\[S@@+]([O-])C(C)(C)C)cc2c1. The zero-order chi connectivity index (χ0) is 34.4. The molecular formula is C37H44N2O7S. The Balaban J connectivity index is 1.70. The first kappa shape index (κ1) is 35.6. The lowest BCUT2D eigenvalue weighted by Crippen LogP contribution is -2.32. The molecule has 10 heteroatoms. The summed E-state index contributed by atoms with van der Waals surface area (Å²) >= 11 is -1.45. The van der Waals surface area contributed by atoms with E-state index in [-0.39, 0.29) is 25.5 Å². The van der Waals surface area contributed by atoms with E-state index >= 15 is 0 Å². The van der Waals surface area contributed by atoms with Crippen molar-refractivity contribution >= 4 is 40.1 Å². The minimum Gasteiger partial charge on any atom is -0.591 e. The van der Waals surface area contributed by atoms with E-state index in [9.17, 15) is 14.1 Å². The highest BCUT2D eigenvalue weighted by molar-refractivity contribution is 7.91. The van der Waals surface area contributed by atoms with Crippen LogP contribution >= 0.6 is 0 Å². The van der Waals surface area contributed by atoms with Gasteiger partial charge in [-0.3, -0.25) is 4.79 Å². The summed E-state index contributed by atoms with van der Waals surface area (Å²) in [5.41, 5.74) is 4.74. The number of hydrogen-bond donors (Lipinski definition) is 1. The largest absolute Gasteiger partial charge is 0.591 e. The van der Waals surface area contributed by atoms with Crippen LogP contribution in [-0.4, -0.2) is 39.3 Å². The van der Waals surface area contributed by atoms with Gasteiger partial charge < -0.3 is 28.5 Å². The van der Waals surface area contributed by atoms with Gasteiger partial charge >= 0.3 is 12.1 Å². The number of fused-ring (bicyclic) bond motifs is 1. The Morgan fingerprint density at radius 3 is 2.40 bits per heavy atom. The summed E-state index contributed by atoms with van der Waals surface area (Å²) in [5, 5.41) is 3.64. The number of alkyl carbamates (subject to hydrolysis) is 1. The molecule has 0 radical (unpaired) electrons. The van der Waals surface area contributed by atoms with Gasteiger partial charge in [-0.15, -0.1) is 0 Å². The molecule has 1 heterocycles. The fourth-order valence-corrected chi connectivity index (χ4v) is 5.27. The Morgan fingerprint density at radius 2 is 1.70 bits per heavy atom. The van der Waals surface area contributed by atoms with Gasteiger partial charge in [0, 0.05) is 23.1 Å². The molecule has 1 N–H and O–H groups in total. The molecule has 0 unspecified atom stereocenters. The molecule has 0 aliphatic carbocycles. The van der Waals surface area contributed by atoms with Gasteiger partial charge in [-0.2, -0.15) is 0 Å². The van der Waals surface area contributed by atoms with E-state index in [1.54, 1.807) is 13.8 Å². The molecule has 4 aromatic rings. The number of para-hydroxylation sites is 1. The molecule has 47 heavy (non-hydrogen) atoms. The van der Waals surface area contributed by atoms with Crippen LogP contribution in [0.15, 0.2) is 75.5 Å². The Labute approximate surface area is 280 Å². The van der Waals surface area contributed by atoms with Gasteiger partial charge in [0.1, 0.15) is 45.4 Å². The molecule has 3 aromatic carbocycles. The summed E-state index contributed by atoms with van der Waals surface area (Å²) in [7, 11) is 0. The molecule has 0 fully saturated rings. The van der Waals surface area contributed by atoms with Gasteiger partial charge in [0.15, 0.2) is 5.76 Å². The van der Waals surface area contributed by atoms with E-state index in [1.807, 2.05) is 108 Å². The molecule has 1 atom stereocenters. The molecule has 0 bridgehead atoms. The topological polar surface area (TPSA) is 122 Å². The molecule has 0 aliphatic rings. The number of carbonyl (C=O) groups is 2. The third-order valence-corrected chi connectivity index (χ3v) is 8.34. The van der Waals surface area contributed by atoms with Crippen molar-refractivity contribution < 1.29 is 32.8 Å².